The van der Waals surface area contributed by atoms with E-state index in [2.05, 4.69) is 13.2 Å². The van der Waals surface area contributed by atoms with Gasteiger partial charge >= 0.3 is 11.9 Å². The van der Waals surface area contributed by atoms with E-state index in [0.29, 0.717) is 0 Å². The Morgan fingerprint density at radius 2 is 1.06 bits per heavy atom. The monoisotopic (exact) mass is 256 g/mol. The van der Waals surface area contributed by atoms with Crippen LogP contribution in [0.25, 0.3) is 0 Å². The van der Waals surface area contributed by atoms with Gasteiger partial charge in [-0.2, -0.15) is 0 Å². The summed E-state index contributed by atoms with van der Waals surface area (Å²) in [6, 6.07) is 5.02. The molecule has 100 valence electrons. The van der Waals surface area contributed by atoms with Crippen LogP contribution in [0, 0.1) is 0 Å². The summed E-state index contributed by atoms with van der Waals surface area (Å²) < 4.78 is 0. The molecule has 0 aliphatic heterocycles. The first-order valence-electron chi connectivity index (χ1n) is 4.81. The Bertz CT molecular complexity index is 322. The number of hydrogen-bond acceptors (Lipinski definition) is 4. The zero-order chi connectivity index (χ0) is 14.6. The zero-order valence-electron chi connectivity index (χ0n) is 9.74. The SMILES string of the molecule is C=C.O=C(O)c1ccc(C(=O)O)cc1.OCCO. The van der Waals surface area contributed by atoms with Crippen LogP contribution < -0.4 is 0 Å². The van der Waals surface area contributed by atoms with Crippen molar-refractivity contribution >= 4 is 11.9 Å². The highest BCUT2D eigenvalue weighted by atomic mass is 16.4. The maximum Gasteiger partial charge on any atom is 0.335 e. The second-order valence-corrected chi connectivity index (χ2v) is 2.63. The number of aliphatic hydroxyl groups excluding tert-OH is 2. The molecule has 0 aliphatic rings. The minimum Gasteiger partial charge on any atom is -0.478 e. The summed E-state index contributed by atoms with van der Waals surface area (Å²) in [6.45, 7) is 5.75. The molecule has 0 radical (unpaired) electrons. The molecule has 1 rings (SSSR count). The second-order valence-electron chi connectivity index (χ2n) is 2.63. The molecule has 18 heavy (non-hydrogen) atoms. The van der Waals surface area contributed by atoms with Crippen molar-refractivity contribution in [1.82, 2.24) is 0 Å². The molecule has 0 atom stereocenters. The normalized spacial score (nSPS) is 8.11. The smallest absolute Gasteiger partial charge is 0.335 e. The van der Waals surface area contributed by atoms with Crippen LogP contribution in [0.3, 0.4) is 0 Å². The summed E-state index contributed by atoms with van der Waals surface area (Å²) in [5.74, 6) is -2.13. The van der Waals surface area contributed by atoms with E-state index in [4.69, 9.17) is 20.4 Å². The third kappa shape index (κ3) is 8.03. The highest BCUT2D eigenvalue weighted by molar-refractivity contribution is 5.91. The first kappa shape index (κ1) is 18.2. The van der Waals surface area contributed by atoms with Crippen LogP contribution in [-0.2, 0) is 0 Å². The molecule has 6 heteroatoms. The number of carboxylic acid groups (broad SMARTS) is 2. The van der Waals surface area contributed by atoms with Gasteiger partial charge in [-0.15, -0.1) is 13.2 Å². The number of rotatable bonds is 3. The Hall–Kier alpha value is -2.18. The highest BCUT2D eigenvalue weighted by Gasteiger charge is 2.04. The number of hydrogen-bond donors (Lipinski definition) is 4. The molecule has 0 spiro atoms. The second kappa shape index (κ2) is 11.3. The maximum atomic E-state index is 10.3. The lowest BCUT2D eigenvalue weighted by molar-refractivity contribution is 0.0681. The lowest BCUT2D eigenvalue weighted by Gasteiger charge is -1.94. The van der Waals surface area contributed by atoms with Crippen LogP contribution in [0.4, 0.5) is 0 Å². The first-order valence-corrected chi connectivity index (χ1v) is 4.81. The van der Waals surface area contributed by atoms with Gasteiger partial charge in [0.15, 0.2) is 0 Å². The molecule has 0 heterocycles. The Morgan fingerprint density at radius 3 is 1.17 bits per heavy atom. The molecule has 0 bridgehead atoms. The number of aromatic carboxylic acids is 2. The molecule has 1 aromatic carbocycles. The van der Waals surface area contributed by atoms with Crippen LogP contribution in [0.2, 0.25) is 0 Å². The summed E-state index contributed by atoms with van der Waals surface area (Å²) in [6.07, 6.45) is 0. The number of carbonyl (C=O) groups is 2. The van der Waals surface area contributed by atoms with Gasteiger partial charge < -0.3 is 20.4 Å². The van der Waals surface area contributed by atoms with E-state index in [0.717, 1.165) is 0 Å². The first-order chi connectivity index (χ1) is 8.52. The minimum atomic E-state index is -1.06. The minimum absolute atomic E-state index is 0.0833. The summed E-state index contributed by atoms with van der Waals surface area (Å²) in [5.41, 5.74) is 0.167. The van der Waals surface area contributed by atoms with E-state index in [1.165, 1.54) is 24.3 Å². The summed E-state index contributed by atoms with van der Waals surface area (Å²) in [5, 5.41) is 32.2. The number of benzene rings is 1. The quantitative estimate of drug-likeness (QED) is 0.596. The fourth-order valence-corrected chi connectivity index (χ4v) is 0.755. The van der Waals surface area contributed by atoms with Crippen LogP contribution >= 0.6 is 0 Å². The van der Waals surface area contributed by atoms with Gasteiger partial charge in [-0.05, 0) is 24.3 Å². The predicted octanol–water partition coefficient (Wildman–Crippen LogP) is 0.856. The van der Waals surface area contributed by atoms with Crippen molar-refractivity contribution in [1.29, 1.82) is 0 Å². The summed E-state index contributed by atoms with van der Waals surface area (Å²) in [4.78, 5) is 20.7. The topological polar surface area (TPSA) is 115 Å². The lowest BCUT2D eigenvalue weighted by atomic mass is 10.1. The molecule has 0 aromatic heterocycles. The molecular formula is C12H16O6. The molecule has 0 amide bonds. The van der Waals surface area contributed by atoms with Crippen LogP contribution in [0.15, 0.2) is 37.4 Å². The molecule has 0 unspecified atom stereocenters. The Kier molecular flexibility index (Phi) is 11.4. The van der Waals surface area contributed by atoms with Gasteiger partial charge in [-0.1, -0.05) is 0 Å². The molecule has 0 saturated carbocycles. The summed E-state index contributed by atoms with van der Waals surface area (Å²) >= 11 is 0. The van der Waals surface area contributed by atoms with Crippen molar-refractivity contribution < 1.29 is 30.0 Å². The standard InChI is InChI=1S/C8H6O4.C2H6O2.C2H4/c9-7(10)5-1-2-6(4-3-5)8(11)12;3-1-2-4;1-2/h1-4H,(H,9,10)(H,11,12);3-4H,1-2H2;1-2H2. The molecule has 0 fully saturated rings. The van der Waals surface area contributed by atoms with E-state index in [-0.39, 0.29) is 24.3 Å². The van der Waals surface area contributed by atoms with Crippen molar-refractivity contribution in [3.63, 3.8) is 0 Å². The highest BCUT2D eigenvalue weighted by Crippen LogP contribution is 2.03. The third-order valence-corrected chi connectivity index (χ3v) is 1.48. The molecular weight excluding hydrogens is 240 g/mol. The van der Waals surface area contributed by atoms with Crippen molar-refractivity contribution in [3.8, 4) is 0 Å². The van der Waals surface area contributed by atoms with Gasteiger partial charge in [0, 0.05) is 0 Å². The lowest BCUT2D eigenvalue weighted by Crippen LogP contribution is -1.99. The number of carboxylic acids is 2. The average Bonchev–Trinajstić information content (AvgIpc) is 2.41. The molecule has 4 N–H and O–H groups in total. The van der Waals surface area contributed by atoms with Gasteiger partial charge in [0.2, 0.25) is 0 Å². The van der Waals surface area contributed by atoms with Crippen molar-refractivity contribution in [2.75, 3.05) is 13.2 Å². The van der Waals surface area contributed by atoms with Crippen molar-refractivity contribution in [2.45, 2.75) is 0 Å². The Labute approximate surface area is 104 Å². The van der Waals surface area contributed by atoms with Crippen LogP contribution in [-0.4, -0.2) is 45.6 Å². The van der Waals surface area contributed by atoms with Crippen LogP contribution in [0.1, 0.15) is 20.7 Å². The van der Waals surface area contributed by atoms with Crippen molar-refractivity contribution in [3.05, 3.63) is 48.6 Å². The van der Waals surface area contributed by atoms with Gasteiger partial charge in [-0.3, -0.25) is 0 Å². The fraction of sp³-hybridized carbons (Fsp3) is 0.167. The van der Waals surface area contributed by atoms with E-state index >= 15 is 0 Å². The van der Waals surface area contributed by atoms with E-state index < -0.39 is 11.9 Å². The van der Waals surface area contributed by atoms with Crippen LogP contribution in [0.5, 0.6) is 0 Å². The summed E-state index contributed by atoms with van der Waals surface area (Å²) in [7, 11) is 0. The Morgan fingerprint density at radius 1 is 0.833 bits per heavy atom. The molecule has 0 saturated heterocycles. The van der Waals surface area contributed by atoms with E-state index in [9.17, 15) is 9.59 Å². The predicted molar refractivity (Wildman–Crippen MR) is 65.8 cm³/mol. The zero-order valence-corrected chi connectivity index (χ0v) is 9.74. The largest absolute Gasteiger partial charge is 0.478 e. The average molecular weight is 256 g/mol. The van der Waals surface area contributed by atoms with Gasteiger partial charge in [0.1, 0.15) is 0 Å². The van der Waals surface area contributed by atoms with E-state index in [1.807, 2.05) is 0 Å². The fourth-order valence-electron chi connectivity index (χ4n) is 0.755. The Balaban J connectivity index is 0. The van der Waals surface area contributed by atoms with Gasteiger partial charge in [-0.25, -0.2) is 9.59 Å². The van der Waals surface area contributed by atoms with Crippen molar-refractivity contribution in [2.24, 2.45) is 0 Å². The molecule has 0 aliphatic carbocycles. The molecule has 1 aromatic rings. The number of aliphatic hydroxyl groups is 2. The molecule has 6 nitrogen and oxygen atoms in total. The van der Waals surface area contributed by atoms with Gasteiger partial charge in [0.05, 0.1) is 24.3 Å². The maximum absolute atomic E-state index is 10.3. The van der Waals surface area contributed by atoms with Gasteiger partial charge in [0.25, 0.3) is 0 Å². The van der Waals surface area contributed by atoms with E-state index in [1.54, 1.807) is 0 Å². The third-order valence-electron chi connectivity index (χ3n) is 1.48.